The second kappa shape index (κ2) is 5.48. The van der Waals surface area contributed by atoms with E-state index >= 15 is 0 Å². The number of carbonyl (C=O) groups is 2. The minimum atomic E-state index is -0.796. The summed E-state index contributed by atoms with van der Waals surface area (Å²) in [6.45, 7) is 0. The number of thioether (sulfide) groups is 1. The van der Waals surface area contributed by atoms with Crippen LogP contribution in [0.5, 0.6) is 0 Å². The Morgan fingerprint density at radius 3 is 2.80 bits per heavy atom. The van der Waals surface area contributed by atoms with Crippen LogP contribution >= 0.6 is 11.8 Å². The van der Waals surface area contributed by atoms with E-state index in [4.69, 9.17) is 5.11 Å². The van der Waals surface area contributed by atoms with E-state index in [-0.39, 0.29) is 17.2 Å². The van der Waals surface area contributed by atoms with Gasteiger partial charge >= 0.3 is 5.97 Å². The molecule has 2 N–H and O–H groups in total. The molecule has 0 radical (unpaired) electrons. The molecule has 1 amide bonds. The molecule has 1 aliphatic carbocycles. The summed E-state index contributed by atoms with van der Waals surface area (Å²) in [4.78, 5) is 24.6. The van der Waals surface area contributed by atoms with E-state index in [0.717, 1.165) is 24.2 Å². The van der Waals surface area contributed by atoms with Crippen molar-refractivity contribution in [3.05, 3.63) is 29.8 Å². The topological polar surface area (TPSA) is 66.4 Å². The van der Waals surface area contributed by atoms with Crippen molar-refractivity contribution >= 4 is 23.6 Å². The zero-order valence-corrected chi connectivity index (χ0v) is 11.9. The first-order valence-corrected chi connectivity index (χ1v) is 7.81. The monoisotopic (exact) mass is 291 g/mol. The largest absolute Gasteiger partial charge is 0.481 e. The normalized spacial score (nSPS) is 28.1. The summed E-state index contributed by atoms with van der Waals surface area (Å²) in [6, 6.07) is 7.83. The Bertz CT molecular complexity index is 521. The summed E-state index contributed by atoms with van der Waals surface area (Å²) < 4.78 is 0. The van der Waals surface area contributed by atoms with Gasteiger partial charge in [-0.15, -0.1) is 11.8 Å². The van der Waals surface area contributed by atoms with Crippen LogP contribution < -0.4 is 5.32 Å². The van der Waals surface area contributed by atoms with E-state index < -0.39 is 11.9 Å². The SMILES string of the molecule is O=C(N[C@H]1CCC[C@H]1C(=O)O)C1Cc2ccccc2S1. The number of nitrogens with one attached hydrogen (secondary N) is 1. The van der Waals surface area contributed by atoms with Crippen molar-refractivity contribution in [3.63, 3.8) is 0 Å². The van der Waals surface area contributed by atoms with E-state index in [9.17, 15) is 9.59 Å². The van der Waals surface area contributed by atoms with E-state index in [1.165, 1.54) is 5.56 Å². The Morgan fingerprint density at radius 2 is 2.05 bits per heavy atom. The number of hydrogen-bond acceptors (Lipinski definition) is 3. The molecule has 20 heavy (non-hydrogen) atoms. The van der Waals surface area contributed by atoms with Crippen LogP contribution in [-0.4, -0.2) is 28.3 Å². The Balaban J connectivity index is 1.63. The molecule has 0 saturated heterocycles. The lowest BCUT2D eigenvalue weighted by Crippen LogP contribution is -2.43. The number of aliphatic carboxylic acids is 1. The standard InChI is InChI=1S/C15H17NO3S/c17-14(16-11-6-3-5-10(11)15(18)19)13-8-9-4-1-2-7-12(9)20-13/h1-2,4,7,10-11,13H,3,5-6,8H2,(H,16,17)(H,18,19)/t10-,11+,13?/m1/s1. The molecule has 5 heteroatoms. The first-order valence-electron chi connectivity index (χ1n) is 6.93. The predicted octanol–water partition coefficient (Wildman–Crippen LogP) is 2.07. The highest BCUT2D eigenvalue weighted by molar-refractivity contribution is 8.01. The van der Waals surface area contributed by atoms with Crippen LogP contribution in [-0.2, 0) is 16.0 Å². The van der Waals surface area contributed by atoms with Gasteiger partial charge in [0, 0.05) is 10.9 Å². The molecular weight excluding hydrogens is 274 g/mol. The molecular formula is C15H17NO3S. The first-order chi connectivity index (χ1) is 9.65. The number of rotatable bonds is 3. The molecule has 1 aliphatic heterocycles. The first kappa shape index (κ1) is 13.5. The van der Waals surface area contributed by atoms with E-state index in [1.807, 2.05) is 24.3 Å². The summed E-state index contributed by atoms with van der Waals surface area (Å²) in [7, 11) is 0. The number of amides is 1. The van der Waals surface area contributed by atoms with Crippen LogP contribution in [0, 0.1) is 5.92 Å². The van der Waals surface area contributed by atoms with Crippen LogP contribution in [0.1, 0.15) is 24.8 Å². The van der Waals surface area contributed by atoms with Crippen molar-refractivity contribution in [2.75, 3.05) is 0 Å². The average Bonchev–Trinajstić information content (AvgIpc) is 3.03. The molecule has 0 bridgehead atoms. The molecule has 2 aliphatic rings. The summed E-state index contributed by atoms with van der Waals surface area (Å²) in [5.74, 6) is -1.24. The number of carboxylic acids is 1. The van der Waals surface area contributed by atoms with E-state index in [0.29, 0.717) is 6.42 Å². The maximum absolute atomic E-state index is 12.3. The molecule has 1 aromatic rings. The third-order valence-corrected chi connectivity index (χ3v) is 5.42. The number of fused-ring (bicyclic) bond motifs is 1. The number of carbonyl (C=O) groups excluding carboxylic acids is 1. The van der Waals surface area contributed by atoms with Gasteiger partial charge in [-0.1, -0.05) is 24.6 Å². The van der Waals surface area contributed by atoms with Crippen LogP contribution in [0.3, 0.4) is 0 Å². The van der Waals surface area contributed by atoms with Gasteiger partial charge in [0.2, 0.25) is 5.91 Å². The molecule has 1 saturated carbocycles. The number of hydrogen-bond donors (Lipinski definition) is 2. The average molecular weight is 291 g/mol. The van der Waals surface area contributed by atoms with Crippen LogP contribution in [0.25, 0.3) is 0 Å². The minimum absolute atomic E-state index is 0.0238. The highest BCUT2D eigenvalue weighted by Crippen LogP contribution is 2.37. The zero-order chi connectivity index (χ0) is 14.1. The van der Waals surface area contributed by atoms with Crippen molar-refractivity contribution in [1.82, 2.24) is 5.32 Å². The van der Waals surface area contributed by atoms with Crippen LogP contribution in [0.4, 0.5) is 0 Å². The lowest BCUT2D eigenvalue weighted by molar-refractivity contribution is -0.142. The second-order valence-electron chi connectivity index (χ2n) is 5.41. The van der Waals surface area contributed by atoms with Gasteiger partial charge in [0.25, 0.3) is 0 Å². The lowest BCUT2D eigenvalue weighted by atomic mass is 10.0. The third kappa shape index (κ3) is 2.54. The van der Waals surface area contributed by atoms with Crippen molar-refractivity contribution in [2.24, 2.45) is 5.92 Å². The highest BCUT2D eigenvalue weighted by Gasteiger charge is 2.36. The van der Waals surface area contributed by atoms with Gasteiger partial charge in [-0.2, -0.15) is 0 Å². The van der Waals surface area contributed by atoms with Gasteiger partial charge in [-0.05, 0) is 30.9 Å². The van der Waals surface area contributed by atoms with Gasteiger partial charge < -0.3 is 10.4 Å². The summed E-state index contributed by atoms with van der Waals surface area (Å²) in [6.07, 6.45) is 3.04. The van der Waals surface area contributed by atoms with Crippen molar-refractivity contribution in [2.45, 2.75) is 41.9 Å². The maximum Gasteiger partial charge on any atom is 0.308 e. The van der Waals surface area contributed by atoms with Crippen molar-refractivity contribution < 1.29 is 14.7 Å². The third-order valence-electron chi connectivity index (χ3n) is 4.10. The smallest absolute Gasteiger partial charge is 0.308 e. The molecule has 3 rings (SSSR count). The zero-order valence-electron chi connectivity index (χ0n) is 11.0. The van der Waals surface area contributed by atoms with Gasteiger partial charge in [-0.3, -0.25) is 9.59 Å². The van der Waals surface area contributed by atoms with Crippen LogP contribution in [0.15, 0.2) is 29.2 Å². The van der Waals surface area contributed by atoms with Gasteiger partial charge in [-0.25, -0.2) is 0 Å². The fraction of sp³-hybridized carbons (Fsp3) is 0.467. The Kier molecular flexibility index (Phi) is 3.70. The molecule has 1 aromatic carbocycles. The van der Waals surface area contributed by atoms with Gasteiger partial charge in [0.05, 0.1) is 11.2 Å². The fourth-order valence-electron chi connectivity index (χ4n) is 3.03. The summed E-state index contributed by atoms with van der Waals surface area (Å²) >= 11 is 1.58. The highest BCUT2D eigenvalue weighted by atomic mass is 32.2. The second-order valence-corrected chi connectivity index (χ2v) is 6.65. The Hall–Kier alpha value is -1.49. The summed E-state index contributed by atoms with van der Waals surface area (Å²) in [5.41, 5.74) is 1.21. The quantitative estimate of drug-likeness (QED) is 0.894. The molecule has 106 valence electrons. The predicted molar refractivity (Wildman–Crippen MR) is 76.7 cm³/mol. The van der Waals surface area contributed by atoms with Crippen molar-refractivity contribution in [3.8, 4) is 0 Å². The maximum atomic E-state index is 12.3. The van der Waals surface area contributed by atoms with E-state index in [2.05, 4.69) is 5.32 Å². The number of benzene rings is 1. The molecule has 0 spiro atoms. The minimum Gasteiger partial charge on any atom is -0.481 e. The van der Waals surface area contributed by atoms with Gasteiger partial charge in [0.15, 0.2) is 0 Å². The van der Waals surface area contributed by atoms with E-state index in [1.54, 1.807) is 11.8 Å². The number of carboxylic acid groups (broad SMARTS) is 1. The molecule has 3 atom stereocenters. The molecule has 0 aromatic heterocycles. The fourth-order valence-corrected chi connectivity index (χ4v) is 4.24. The summed E-state index contributed by atoms with van der Waals surface area (Å²) in [5, 5.41) is 12.0. The molecule has 1 fully saturated rings. The molecule has 1 unspecified atom stereocenters. The van der Waals surface area contributed by atoms with Gasteiger partial charge in [0.1, 0.15) is 0 Å². The van der Waals surface area contributed by atoms with Crippen molar-refractivity contribution in [1.29, 1.82) is 0 Å². The van der Waals surface area contributed by atoms with Crippen LogP contribution in [0.2, 0.25) is 0 Å². The molecule has 4 nitrogen and oxygen atoms in total. The Morgan fingerprint density at radius 1 is 1.25 bits per heavy atom. The molecule has 1 heterocycles. The Labute approximate surface area is 121 Å². The lowest BCUT2D eigenvalue weighted by Gasteiger charge is -2.19.